The number of halogens is 2. The van der Waals surface area contributed by atoms with Crippen LogP contribution in [-0.2, 0) is 12.8 Å². The molecule has 1 unspecified atom stereocenters. The van der Waals surface area contributed by atoms with Crippen LogP contribution in [0.25, 0.3) is 17.8 Å². The van der Waals surface area contributed by atoms with Gasteiger partial charge in [-0.15, -0.1) is 14.3 Å². The van der Waals surface area contributed by atoms with Gasteiger partial charge in [-0.05, 0) is 90.9 Å². The van der Waals surface area contributed by atoms with Gasteiger partial charge in [-0.3, -0.25) is 0 Å². The molecular weight excluding hydrogens is 531 g/mol. The lowest BCUT2D eigenvalue weighted by molar-refractivity contribution is 0.140. The molecule has 3 nitrogen and oxygen atoms in total. The first-order chi connectivity index (χ1) is 19.7. The van der Waals surface area contributed by atoms with Crippen LogP contribution in [0.15, 0.2) is 91.1 Å². The Kier molecular flexibility index (Phi) is 10.3. The molecule has 0 spiro atoms. The Labute approximate surface area is 243 Å². The SMILES string of the molecule is Cc1ccc(P)c2c1C=CC2.Cc1cccc2c1C=CC2.Cc1ccccc1.Cc1cccn2nc(C(F)F)nc12. The topological polar surface area (TPSA) is 30.2 Å². The van der Waals surface area contributed by atoms with Gasteiger partial charge >= 0.3 is 0 Å². The van der Waals surface area contributed by atoms with E-state index in [9.17, 15) is 8.78 Å². The number of pyridine rings is 1. The summed E-state index contributed by atoms with van der Waals surface area (Å²) in [7, 11) is 2.79. The summed E-state index contributed by atoms with van der Waals surface area (Å²) in [5, 5.41) is 4.97. The average molecular weight is 568 g/mol. The molecule has 6 heteroatoms. The van der Waals surface area contributed by atoms with Crippen LogP contribution in [0.3, 0.4) is 0 Å². The van der Waals surface area contributed by atoms with Gasteiger partial charge in [-0.1, -0.05) is 96.6 Å². The van der Waals surface area contributed by atoms with E-state index in [-0.39, 0.29) is 0 Å². The minimum Gasteiger partial charge on any atom is -0.220 e. The van der Waals surface area contributed by atoms with Crippen molar-refractivity contribution in [3.8, 4) is 0 Å². The molecule has 0 radical (unpaired) electrons. The predicted molar refractivity (Wildman–Crippen MR) is 171 cm³/mol. The molecule has 2 heterocycles. The van der Waals surface area contributed by atoms with Crippen molar-refractivity contribution in [1.82, 2.24) is 14.6 Å². The molecule has 0 saturated heterocycles. The van der Waals surface area contributed by atoms with Gasteiger partial charge in [0.05, 0.1) is 0 Å². The molecule has 5 aromatic rings. The van der Waals surface area contributed by atoms with E-state index in [0.717, 1.165) is 18.4 Å². The highest BCUT2D eigenvalue weighted by Gasteiger charge is 2.14. The average Bonchev–Trinajstić information content (AvgIpc) is 3.73. The summed E-state index contributed by atoms with van der Waals surface area (Å²) in [6.45, 7) is 8.21. The van der Waals surface area contributed by atoms with Gasteiger partial charge in [0.25, 0.3) is 6.43 Å². The number of benzene rings is 3. The van der Waals surface area contributed by atoms with Crippen LogP contribution in [0, 0.1) is 27.7 Å². The van der Waals surface area contributed by atoms with Crippen molar-refractivity contribution in [2.45, 2.75) is 47.0 Å². The highest BCUT2D eigenvalue weighted by molar-refractivity contribution is 7.27. The van der Waals surface area contributed by atoms with E-state index in [1.165, 1.54) is 48.8 Å². The lowest BCUT2D eigenvalue weighted by Crippen LogP contribution is -2.01. The number of aromatic nitrogens is 3. The standard InChI is InChI=1S/C10H11P.C10H10.C8H7F2N3.C7H8/c1-7-5-6-10(11)9-4-2-3-8(7)9;1-8-4-2-5-9-6-3-7-10(8)9;1-5-3-2-4-13-8(5)11-7(12-13)6(9)10;1-7-5-3-2-4-6-7/h2-3,5-6H,4,11H2,1H3;2-5,7H,6H2,1H3;2-4,6H,1H3;2-6H,1H3. The highest BCUT2D eigenvalue weighted by Crippen LogP contribution is 2.23. The zero-order chi connectivity index (χ0) is 29.4. The maximum absolute atomic E-state index is 12.2. The Bertz CT molecular complexity index is 1670. The molecule has 2 aliphatic carbocycles. The molecule has 41 heavy (non-hydrogen) atoms. The summed E-state index contributed by atoms with van der Waals surface area (Å²) >= 11 is 0. The third kappa shape index (κ3) is 7.83. The third-order valence-corrected chi connectivity index (χ3v) is 7.50. The van der Waals surface area contributed by atoms with Crippen LogP contribution < -0.4 is 5.30 Å². The molecule has 3 aromatic carbocycles. The van der Waals surface area contributed by atoms with E-state index in [1.807, 2.05) is 18.2 Å². The van der Waals surface area contributed by atoms with Crippen molar-refractivity contribution < 1.29 is 8.78 Å². The van der Waals surface area contributed by atoms with E-state index < -0.39 is 12.2 Å². The fourth-order valence-electron chi connectivity index (χ4n) is 4.70. The number of alkyl halides is 2. The molecule has 210 valence electrons. The van der Waals surface area contributed by atoms with Crippen LogP contribution in [0.1, 0.15) is 56.8 Å². The number of rotatable bonds is 1. The van der Waals surface area contributed by atoms with Gasteiger partial charge in [0.15, 0.2) is 5.65 Å². The fraction of sp³-hybridized carbons (Fsp3) is 0.200. The molecule has 0 saturated carbocycles. The zero-order valence-electron chi connectivity index (χ0n) is 24.0. The summed E-state index contributed by atoms with van der Waals surface area (Å²) in [5.41, 5.74) is 11.2. The predicted octanol–water partition coefficient (Wildman–Crippen LogP) is 8.60. The van der Waals surface area contributed by atoms with E-state index in [4.69, 9.17) is 0 Å². The van der Waals surface area contributed by atoms with Crippen molar-refractivity contribution in [3.05, 3.63) is 141 Å². The van der Waals surface area contributed by atoms with Gasteiger partial charge in [-0.2, -0.15) is 0 Å². The van der Waals surface area contributed by atoms with E-state index in [2.05, 4.69) is 107 Å². The Morgan fingerprint density at radius 3 is 2.05 bits per heavy atom. The lowest BCUT2D eigenvalue weighted by atomic mass is 10.0. The number of hydrogen-bond donors (Lipinski definition) is 0. The number of aryl methyl sites for hydroxylation is 4. The third-order valence-electron chi connectivity index (χ3n) is 6.96. The first-order valence-electron chi connectivity index (χ1n) is 13.7. The minimum atomic E-state index is -2.61. The molecule has 0 bridgehead atoms. The number of fused-ring (bicyclic) bond motifs is 3. The summed E-state index contributed by atoms with van der Waals surface area (Å²) in [6.07, 6.45) is 10.1. The second-order valence-electron chi connectivity index (χ2n) is 10.1. The molecule has 2 aliphatic rings. The fourth-order valence-corrected chi connectivity index (χ4v) is 5.07. The normalized spacial score (nSPS) is 12.1. The van der Waals surface area contributed by atoms with E-state index in [1.54, 1.807) is 25.3 Å². The Balaban J connectivity index is 0.000000129. The lowest BCUT2D eigenvalue weighted by Gasteiger charge is -2.05. The molecule has 0 aliphatic heterocycles. The van der Waals surface area contributed by atoms with E-state index >= 15 is 0 Å². The molecule has 0 amide bonds. The van der Waals surface area contributed by atoms with Crippen LogP contribution in [-0.4, -0.2) is 14.6 Å². The van der Waals surface area contributed by atoms with Crippen molar-refractivity contribution in [3.63, 3.8) is 0 Å². The number of hydrogen-bond acceptors (Lipinski definition) is 2. The van der Waals surface area contributed by atoms with Crippen molar-refractivity contribution in [1.29, 1.82) is 0 Å². The van der Waals surface area contributed by atoms with E-state index in [0.29, 0.717) is 5.65 Å². The van der Waals surface area contributed by atoms with Crippen LogP contribution in [0.4, 0.5) is 8.78 Å². The van der Waals surface area contributed by atoms with Crippen molar-refractivity contribution in [2.24, 2.45) is 0 Å². The van der Waals surface area contributed by atoms with Gasteiger partial charge < -0.3 is 0 Å². The summed E-state index contributed by atoms with van der Waals surface area (Å²) < 4.78 is 25.8. The zero-order valence-corrected chi connectivity index (χ0v) is 25.1. The van der Waals surface area contributed by atoms with Gasteiger partial charge in [0, 0.05) is 6.20 Å². The maximum Gasteiger partial charge on any atom is 0.299 e. The summed E-state index contributed by atoms with van der Waals surface area (Å²) in [4.78, 5) is 3.71. The molecule has 2 aromatic heterocycles. The number of allylic oxidation sites excluding steroid dienone is 2. The Morgan fingerprint density at radius 2 is 1.41 bits per heavy atom. The van der Waals surface area contributed by atoms with Crippen LogP contribution in [0.2, 0.25) is 0 Å². The number of nitrogens with zero attached hydrogens (tertiary/aromatic N) is 3. The monoisotopic (exact) mass is 567 g/mol. The molecular formula is C35H36F2N3P. The van der Waals surface area contributed by atoms with Gasteiger partial charge in [0.1, 0.15) is 0 Å². The molecule has 0 N–H and O–H groups in total. The quantitative estimate of drug-likeness (QED) is 0.190. The summed E-state index contributed by atoms with van der Waals surface area (Å²) in [6, 6.07) is 24.6. The Morgan fingerprint density at radius 1 is 0.732 bits per heavy atom. The Hall–Kier alpha value is -3.95. The highest BCUT2D eigenvalue weighted by atomic mass is 31.0. The summed E-state index contributed by atoms with van der Waals surface area (Å²) in [5.74, 6) is -0.422. The molecule has 0 fully saturated rings. The first kappa shape index (κ1) is 30.0. The smallest absolute Gasteiger partial charge is 0.220 e. The molecule has 1 atom stereocenters. The minimum absolute atomic E-state index is 0.422. The maximum atomic E-state index is 12.2. The van der Waals surface area contributed by atoms with Crippen molar-refractivity contribution in [2.75, 3.05) is 0 Å². The second-order valence-corrected chi connectivity index (χ2v) is 10.7. The van der Waals surface area contributed by atoms with Crippen LogP contribution >= 0.6 is 9.24 Å². The molecule has 7 rings (SSSR count). The van der Waals surface area contributed by atoms with Crippen LogP contribution in [0.5, 0.6) is 0 Å². The van der Waals surface area contributed by atoms with Gasteiger partial charge in [-0.25, -0.2) is 18.3 Å². The largest absolute Gasteiger partial charge is 0.299 e. The van der Waals surface area contributed by atoms with Gasteiger partial charge in [0.2, 0.25) is 5.82 Å². The van der Waals surface area contributed by atoms with Crippen molar-refractivity contribution >= 4 is 32.3 Å². The first-order valence-corrected chi connectivity index (χ1v) is 14.2. The second kappa shape index (κ2) is 14.1.